The molecule has 6 heteroatoms. The van der Waals surface area contributed by atoms with Gasteiger partial charge < -0.3 is 9.32 Å². The number of hydrogen-bond acceptors (Lipinski definition) is 6. The van der Waals surface area contributed by atoms with E-state index in [-0.39, 0.29) is 6.04 Å². The minimum Gasteiger partial charge on any atom is -0.419 e. The van der Waals surface area contributed by atoms with Crippen LogP contribution >= 0.6 is 11.3 Å². The Bertz CT molecular complexity index is 897. The van der Waals surface area contributed by atoms with E-state index in [0.717, 1.165) is 44.7 Å². The van der Waals surface area contributed by atoms with Gasteiger partial charge in [-0.25, -0.2) is 0 Å². The molecule has 1 atom stereocenters. The summed E-state index contributed by atoms with van der Waals surface area (Å²) in [6.45, 7) is 11.8. The van der Waals surface area contributed by atoms with E-state index in [9.17, 15) is 0 Å². The zero-order chi connectivity index (χ0) is 19.5. The summed E-state index contributed by atoms with van der Waals surface area (Å²) < 4.78 is 6.03. The van der Waals surface area contributed by atoms with E-state index in [1.165, 1.54) is 16.0 Å². The molecule has 0 unspecified atom stereocenters. The molecule has 0 amide bonds. The van der Waals surface area contributed by atoms with Gasteiger partial charge in [-0.05, 0) is 61.9 Å². The summed E-state index contributed by atoms with van der Waals surface area (Å²) in [5, 5.41) is 10.8. The maximum atomic E-state index is 6.03. The third kappa shape index (κ3) is 4.35. The molecular formula is C22H28N4OS. The van der Waals surface area contributed by atoms with E-state index < -0.39 is 0 Å². The van der Waals surface area contributed by atoms with Crippen molar-refractivity contribution >= 4 is 11.3 Å². The van der Waals surface area contributed by atoms with E-state index >= 15 is 0 Å². The number of rotatable bonds is 6. The zero-order valence-corrected chi connectivity index (χ0v) is 17.7. The predicted octanol–water partition coefficient (Wildman–Crippen LogP) is 4.34. The number of benzene rings is 1. The Kier molecular flexibility index (Phi) is 5.90. The Morgan fingerprint density at radius 2 is 1.89 bits per heavy atom. The first kappa shape index (κ1) is 19.3. The second kappa shape index (κ2) is 8.55. The number of aryl methyl sites for hydroxylation is 2. The number of thiophene rings is 1. The number of hydrogen-bond donors (Lipinski definition) is 0. The average molecular weight is 397 g/mol. The van der Waals surface area contributed by atoms with Gasteiger partial charge in [0, 0.05) is 43.2 Å². The van der Waals surface area contributed by atoms with Crippen LogP contribution in [0.5, 0.6) is 0 Å². The fraction of sp³-hybridized carbons (Fsp3) is 0.455. The molecule has 148 valence electrons. The lowest BCUT2D eigenvalue weighted by Gasteiger charge is -2.36. The number of aromatic nitrogens is 2. The maximum absolute atomic E-state index is 6.03. The summed E-state index contributed by atoms with van der Waals surface area (Å²) in [5.74, 6) is 1.32. The van der Waals surface area contributed by atoms with Crippen molar-refractivity contribution < 1.29 is 4.42 Å². The fourth-order valence-corrected chi connectivity index (χ4v) is 4.35. The van der Waals surface area contributed by atoms with Crippen LogP contribution in [0.2, 0.25) is 0 Å². The van der Waals surface area contributed by atoms with Crippen molar-refractivity contribution in [1.29, 1.82) is 0 Å². The topological polar surface area (TPSA) is 45.4 Å². The molecule has 1 aliphatic heterocycles. The molecule has 0 saturated carbocycles. The van der Waals surface area contributed by atoms with Crippen molar-refractivity contribution in [3.63, 3.8) is 0 Å². The van der Waals surface area contributed by atoms with Gasteiger partial charge in [0.15, 0.2) is 0 Å². The summed E-state index contributed by atoms with van der Waals surface area (Å²) in [7, 11) is 0. The molecule has 3 heterocycles. The third-order valence-electron chi connectivity index (χ3n) is 5.76. The minimum atomic E-state index is 0.146. The van der Waals surface area contributed by atoms with Crippen LogP contribution < -0.4 is 0 Å². The monoisotopic (exact) mass is 396 g/mol. The van der Waals surface area contributed by atoms with E-state index in [4.69, 9.17) is 4.42 Å². The lowest BCUT2D eigenvalue weighted by Crippen LogP contribution is -2.47. The molecule has 28 heavy (non-hydrogen) atoms. The first-order chi connectivity index (χ1) is 13.6. The molecular weight excluding hydrogens is 368 g/mol. The first-order valence-corrected chi connectivity index (χ1v) is 10.9. The number of piperazine rings is 1. The van der Waals surface area contributed by atoms with Gasteiger partial charge >= 0.3 is 0 Å². The van der Waals surface area contributed by atoms with Crippen LogP contribution in [0.4, 0.5) is 0 Å². The van der Waals surface area contributed by atoms with Crippen LogP contribution in [-0.2, 0) is 6.42 Å². The molecule has 4 rings (SSSR count). The molecule has 1 aliphatic rings. The molecule has 1 saturated heterocycles. The van der Waals surface area contributed by atoms with Crippen molar-refractivity contribution in [3.8, 4) is 11.5 Å². The Hall–Kier alpha value is -2.02. The van der Waals surface area contributed by atoms with Crippen LogP contribution in [0.1, 0.15) is 34.9 Å². The standard InChI is InChI=1S/C22H28N4OS/c1-16-6-7-19(15-17(16)2)22-24-23-21(27-22)18(3)26-12-10-25(11-13-26)9-8-20-5-4-14-28-20/h4-7,14-15,18H,8-13H2,1-3H3/t18-/m1/s1. The molecule has 1 fully saturated rings. The molecule has 0 radical (unpaired) electrons. The maximum Gasteiger partial charge on any atom is 0.247 e. The molecule has 0 N–H and O–H groups in total. The van der Waals surface area contributed by atoms with E-state index in [1.54, 1.807) is 0 Å². The molecule has 2 aromatic heterocycles. The van der Waals surface area contributed by atoms with Crippen molar-refractivity contribution in [3.05, 3.63) is 57.6 Å². The SMILES string of the molecule is Cc1ccc(-c2nnc([C@@H](C)N3CCN(CCc4cccs4)CC3)o2)cc1C. The summed E-state index contributed by atoms with van der Waals surface area (Å²) in [6, 6.07) is 10.8. The Morgan fingerprint density at radius 3 is 2.61 bits per heavy atom. The molecule has 3 aromatic rings. The normalized spacial score (nSPS) is 17.1. The van der Waals surface area contributed by atoms with Crippen LogP contribution in [0.25, 0.3) is 11.5 Å². The van der Waals surface area contributed by atoms with Crippen molar-refractivity contribution in [2.75, 3.05) is 32.7 Å². The second-order valence-corrected chi connectivity index (χ2v) is 8.66. The van der Waals surface area contributed by atoms with E-state index in [2.05, 4.69) is 76.5 Å². The Labute approximate surface area is 171 Å². The van der Waals surface area contributed by atoms with Gasteiger partial charge in [0.1, 0.15) is 0 Å². The van der Waals surface area contributed by atoms with Crippen molar-refractivity contribution in [2.45, 2.75) is 33.2 Å². The van der Waals surface area contributed by atoms with Gasteiger partial charge in [0.2, 0.25) is 11.8 Å². The van der Waals surface area contributed by atoms with Gasteiger partial charge in [-0.1, -0.05) is 12.1 Å². The van der Waals surface area contributed by atoms with Crippen molar-refractivity contribution in [1.82, 2.24) is 20.0 Å². The van der Waals surface area contributed by atoms with Crippen LogP contribution in [0, 0.1) is 13.8 Å². The number of nitrogens with zero attached hydrogens (tertiary/aromatic N) is 4. The molecule has 0 aliphatic carbocycles. The molecule has 0 bridgehead atoms. The predicted molar refractivity (Wildman–Crippen MR) is 114 cm³/mol. The second-order valence-electron chi connectivity index (χ2n) is 7.63. The smallest absolute Gasteiger partial charge is 0.247 e. The summed E-state index contributed by atoms with van der Waals surface area (Å²) in [6.07, 6.45) is 1.15. The van der Waals surface area contributed by atoms with Crippen LogP contribution in [0.3, 0.4) is 0 Å². The van der Waals surface area contributed by atoms with Crippen LogP contribution in [-0.4, -0.2) is 52.7 Å². The van der Waals surface area contributed by atoms with Crippen LogP contribution in [0.15, 0.2) is 40.1 Å². The van der Waals surface area contributed by atoms with Gasteiger partial charge in [-0.3, -0.25) is 4.90 Å². The summed E-state index contributed by atoms with van der Waals surface area (Å²) >= 11 is 1.85. The van der Waals surface area contributed by atoms with Gasteiger partial charge in [-0.2, -0.15) is 0 Å². The van der Waals surface area contributed by atoms with E-state index in [1.807, 2.05) is 11.3 Å². The minimum absolute atomic E-state index is 0.146. The summed E-state index contributed by atoms with van der Waals surface area (Å²) in [4.78, 5) is 6.47. The van der Waals surface area contributed by atoms with E-state index in [0.29, 0.717) is 11.8 Å². The van der Waals surface area contributed by atoms with Gasteiger partial charge in [0.05, 0.1) is 6.04 Å². The fourth-order valence-electron chi connectivity index (χ4n) is 3.65. The largest absolute Gasteiger partial charge is 0.419 e. The lowest BCUT2D eigenvalue weighted by atomic mass is 10.1. The first-order valence-electron chi connectivity index (χ1n) is 10.00. The highest BCUT2D eigenvalue weighted by molar-refractivity contribution is 7.09. The van der Waals surface area contributed by atoms with Gasteiger partial charge in [0.25, 0.3) is 0 Å². The Balaban J connectivity index is 1.33. The average Bonchev–Trinajstić information content (AvgIpc) is 3.40. The molecule has 0 spiro atoms. The highest BCUT2D eigenvalue weighted by atomic mass is 32.1. The quantitative estimate of drug-likeness (QED) is 0.620. The summed E-state index contributed by atoms with van der Waals surface area (Å²) in [5.41, 5.74) is 3.50. The molecule has 5 nitrogen and oxygen atoms in total. The Morgan fingerprint density at radius 1 is 1.07 bits per heavy atom. The van der Waals surface area contributed by atoms with Crippen molar-refractivity contribution in [2.24, 2.45) is 0 Å². The third-order valence-corrected chi connectivity index (χ3v) is 6.70. The molecule has 1 aromatic carbocycles. The highest BCUT2D eigenvalue weighted by Crippen LogP contribution is 2.26. The zero-order valence-electron chi connectivity index (χ0n) is 16.9. The highest BCUT2D eigenvalue weighted by Gasteiger charge is 2.25. The van der Waals surface area contributed by atoms with Gasteiger partial charge in [-0.15, -0.1) is 21.5 Å². The lowest BCUT2D eigenvalue weighted by molar-refractivity contribution is 0.0924.